The number of benzene rings is 2. The molecule has 5 nitrogen and oxygen atoms in total. The monoisotopic (exact) mass is 324 g/mol. The molecule has 0 aliphatic carbocycles. The van der Waals surface area contributed by atoms with E-state index in [1.165, 1.54) is 11.8 Å². The van der Waals surface area contributed by atoms with Crippen molar-refractivity contribution in [3.05, 3.63) is 77.0 Å². The van der Waals surface area contributed by atoms with E-state index in [2.05, 4.69) is 18.7 Å². The Morgan fingerprint density at radius 3 is 2.46 bits per heavy atom. The third-order valence-electron chi connectivity index (χ3n) is 3.52. The third kappa shape index (κ3) is 4.54. The van der Waals surface area contributed by atoms with Gasteiger partial charge in [0.15, 0.2) is 0 Å². The van der Waals surface area contributed by atoms with E-state index in [9.17, 15) is 4.79 Å². The van der Waals surface area contributed by atoms with Crippen LogP contribution in [0.4, 0.5) is 0 Å². The van der Waals surface area contributed by atoms with Gasteiger partial charge in [-0.2, -0.15) is 5.90 Å². The smallest absolute Gasteiger partial charge is 0.356 e. The van der Waals surface area contributed by atoms with Crippen molar-refractivity contribution in [3.63, 3.8) is 0 Å². The van der Waals surface area contributed by atoms with E-state index in [0.717, 1.165) is 5.56 Å². The molecule has 24 heavy (non-hydrogen) atoms. The molecule has 2 aromatic rings. The first-order valence-corrected chi connectivity index (χ1v) is 7.54. The second kappa shape index (κ2) is 8.08. The van der Waals surface area contributed by atoms with Gasteiger partial charge < -0.3 is 9.57 Å². The van der Waals surface area contributed by atoms with Crippen LogP contribution in [-0.2, 0) is 9.57 Å². The topological polar surface area (TPSA) is 85.4 Å². The second-order valence-electron chi connectivity index (χ2n) is 5.56. The Bertz CT molecular complexity index is 749. The second-order valence-corrected chi connectivity index (χ2v) is 5.56. The normalized spacial score (nSPS) is 10.8. The van der Waals surface area contributed by atoms with Crippen molar-refractivity contribution in [2.75, 3.05) is 0 Å². The summed E-state index contributed by atoms with van der Waals surface area (Å²) in [4.78, 5) is 15.6. The Kier molecular flexibility index (Phi) is 5.87. The predicted octanol–water partition coefficient (Wildman–Crippen LogP) is 3.85. The van der Waals surface area contributed by atoms with Crippen LogP contribution in [0.25, 0.3) is 6.08 Å². The highest BCUT2D eigenvalue weighted by atomic mass is 16.7. The Labute approximate surface area is 141 Å². The lowest BCUT2D eigenvalue weighted by Gasteiger charge is -2.07. The molecule has 0 atom stereocenters. The van der Waals surface area contributed by atoms with Crippen LogP contribution in [0.15, 0.2) is 54.8 Å². The standard InChI is InChI=1S/C19H20N2O3/c1-13(2)15-6-8-16(9-7-15)18(20)23-11-10-14-4-3-5-17(12-14)19(22)24-21/h3-13,20H,21H2,1-2H3/b11-10+,20-18?. The number of hydrogen-bond donors (Lipinski definition) is 2. The van der Waals surface area contributed by atoms with E-state index in [-0.39, 0.29) is 5.90 Å². The SMILES string of the molecule is CC(C)c1ccc(C(=N)O/C=C/c2cccc(C(=O)ON)c2)cc1. The van der Waals surface area contributed by atoms with E-state index in [1.54, 1.807) is 30.3 Å². The number of hydrogen-bond acceptors (Lipinski definition) is 5. The summed E-state index contributed by atoms with van der Waals surface area (Å²) in [5.41, 5.74) is 3.00. The number of nitrogens with one attached hydrogen (secondary N) is 1. The van der Waals surface area contributed by atoms with Crippen LogP contribution in [0, 0.1) is 5.41 Å². The van der Waals surface area contributed by atoms with Crippen molar-refractivity contribution in [2.45, 2.75) is 19.8 Å². The summed E-state index contributed by atoms with van der Waals surface area (Å²) in [5, 5.41) is 7.95. The molecule has 0 bridgehead atoms. The molecule has 124 valence electrons. The summed E-state index contributed by atoms with van der Waals surface area (Å²) in [6.07, 6.45) is 3.07. The van der Waals surface area contributed by atoms with Crippen LogP contribution < -0.4 is 5.90 Å². The van der Waals surface area contributed by atoms with Crippen LogP contribution in [0.3, 0.4) is 0 Å². The number of ether oxygens (including phenoxy) is 1. The summed E-state index contributed by atoms with van der Waals surface area (Å²) in [6, 6.07) is 14.4. The van der Waals surface area contributed by atoms with Crippen molar-refractivity contribution in [3.8, 4) is 0 Å². The van der Waals surface area contributed by atoms with Gasteiger partial charge in [0.1, 0.15) is 0 Å². The quantitative estimate of drug-likeness (QED) is 0.378. The molecule has 0 amide bonds. The molecule has 0 fully saturated rings. The van der Waals surface area contributed by atoms with Crippen molar-refractivity contribution in [1.82, 2.24) is 0 Å². The van der Waals surface area contributed by atoms with E-state index < -0.39 is 5.97 Å². The molecule has 0 aliphatic heterocycles. The highest BCUT2D eigenvalue weighted by Crippen LogP contribution is 2.15. The van der Waals surface area contributed by atoms with Gasteiger partial charge in [-0.1, -0.05) is 38.1 Å². The summed E-state index contributed by atoms with van der Waals surface area (Å²) < 4.78 is 5.32. The van der Waals surface area contributed by atoms with Crippen LogP contribution in [0.2, 0.25) is 0 Å². The van der Waals surface area contributed by atoms with E-state index in [0.29, 0.717) is 17.0 Å². The van der Waals surface area contributed by atoms with Gasteiger partial charge in [-0.25, -0.2) is 4.79 Å². The molecule has 0 spiro atoms. The fourth-order valence-electron chi connectivity index (χ4n) is 2.11. The molecule has 0 saturated heterocycles. The molecule has 0 saturated carbocycles. The maximum Gasteiger partial charge on any atom is 0.356 e. The molecule has 0 aromatic heterocycles. The first-order valence-electron chi connectivity index (χ1n) is 7.54. The maximum atomic E-state index is 11.4. The summed E-state index contributed by atoms with van der Waals surface area (Å²) >= 11 is 0. The predicted molar refractivity (Wildman–Crippen MR) is 93.5 cm³/mol. The fourth-order valence-corrected chi connectivity index (χ4v) is 2.11. The number of rotatable bonds is 5. The number of carbonyl (C=O) groups is 1. The van der Waals surface area contributed by atoms with Gasteiger partial charge in [0.2, 0.25) is 5.90 Å². The molecule has 3 N–H and O–H groups in total. The molecular formula is C19H20N2O3. The minimum Gasteiger partial charge on any atom is -0.447 e. The van der Waals surface area contributed by atoms with Crippen molar-refractivity contribution >= 4 is 17.9 Å². The number of carbonyl (C=O) groups excluding carboxylic acids is 1. The van der Waals surface area contributed by atoms with Gasteiger partial charge in [-0.05, 0) is 47.4 Å². The van der Waals surface area contributed by atoms with Gasteiger partial charge >= 0.3 is 5.97 Å². The first kappa shape index (κ1) is 17.4. The average Bonchev–Trinajstić information content (AvgIpc) is 2.61. The van der Waals surface area contributed by atoms with Crippen molar-refractivity contribution in [1.29, 1.82) is 5.41 Å². The van der Waals surface area contributed by atoms with Crippen LogP contribution >= 0.6 is 0 Å². The lowest BCUT2D eigenvalue weighted by atomic mass is 10.0. The van der Waals surface area contributed by atoms with Crippen molar-refractivity contribution < 1.29 is 14.4 Å². The molecular weight excluding hydrogens is 304 g/mol. The first-order chi connectivity index (χ1) is 11.5. The Hall–Kier alpha value is -2.92. The highest BCUT2D eigenvalue weighted by Gasteiger charge is 2.06. The van der Waals surface area contributed by atoms with Gasteiger partial charge in [0.05, 0.1) is 11.8 Å². The highest BCUT2D eigenvalue weighted by molar-refractivity contribution is 5.92. The summed E-state index contributed by atoms with van der Waals surface area (Å²) in [5.74, 6) is 4.76. The maximum absolute atomic E-state index is 11.4. The molecule has 0 radical (unpaired) electrons. The Balaban J connectivity index is 2.00. The molecule has 0 aliphatic rings. The molecule has 5 heteroatoms. The molecule has 0 heterocycles. The summed E-state index contributed by atoms with van der Waals surface area (Å²) in [7, 11) is 0. The Morgan fingerprint density at radius 2 is 1.83 bits per heavy atom. The minimum atomic E-state index is -0.607. The Morgan fingerprint density at radius 1 is 1.12 bits per heavy atom. The van der Waals surface area contributed by atoms with Crippen LogP contribution in [0.5, 0.6) is 0 Å². The van der Waals surface area contributed by atoms with Gasteiger partial charge in [-0.3, -0.25) is 5.41 Å². The van der Waals surface area contributed by atoms with Crippen LogP contribution in [-0.4, -0.2) is 11.9 Å². The average molecular weight is 324 g/mol. The van der Waals surface area contributed by atoms with Gasteiger partial charge in [-0.15, -0.1) is 0 Å². The van der Waals surface area contributed by atoms with Gasteiger partial charge in [0, 0.05) is 5.56 Å². The lowest BCUT2D eigenvalue weighted by molar-refractivity contribution is 0.0503. The van der Waals surface area contributed by atoms with E-state index in [1.807, 2.05) is 24.3 Å². The molecule has 0 unspecified atom stereocenters. The fraction of sp³-hybridized carbons (Fsp3) is 0.158. The lowest BCUT2D eigenvalue weighted by Crippen LogP contribution is -2.09. The zero-order chi connectivity index (χ0) is 17.5. The minimum absolute atomic E-state index is 0.0547. The van der Waals surface area contributed by atoms with E-state index in [4.69, 9.17) is 16.0 Å². The third-order valence-corrected chi connectivity index (χ3v) is 3.52. The van der Waals surface area contributed by atoms with Crippen LogP contribution in [0.1, 0.15) is 46.8 Å². The summed E-state index contributed by atoms with van der Waals surface area (Å²) in [6.45, 7) is 4.24. The largest absolute Gasteiger partial charge is 0.447 e. The van der Waals surface area contributed by atoms with Crippen molar-refractivity contribution in [2.24, 2.45) is 5.90 Å². The van der Waals surface area contributed by atoms with E-state index >= 15 is 0 Å². The molecule has 2 rings (SSSR count). The molecule has 2 aromatic carbocycles. The van der Waals surface area contributed by atoms with Gasteiger partial charge in [0.25, 0.3) is 0 Å². The number of nitrogens with two attached hydrogens (primary N) is 1. The zero-order valence-corrected chi connectivity index (χ0v) is 13.7. The zero-order valence-electron chi connectivity index (χ0n) is 13.7.